The number of nitrogens with two attached hydrogens (primary N) is 2. The number of hydroxylamine groups is 1. The monoisotopic (exact) mass is 568 g/mol. The van der Waals surface area contributed by atoms with E-state index in [4.69, 9.17) is 31.6 Å². The Labute approximate surface area is 212 Å². The van der Waals surface area contributed by atoms with Gasteiger partial charge in [-0.15, -0.1) is 0 Å². The Hall–Kier alpha value is -4.19. The van der Waals surface area contributed by atoms with Crippen molar-refractivity contribution in [1.82, 2.24) is 10.0 Å². The molecular formula is C20H24F4N6O7S. The van der Waals surface area contributed by atoms with Crippen molar-refractivity contribution in [2.75, 3.05) is 11.3 Å². The minimum atomic E-state index is -5.08. The molecular weight excluding hydrogens is 544 g/mol. The Morgan fingerprint density at radius 2 is 1.82 bits per heavy atom. The molecule has 0 bridgehead atoms. The van der Waals surface area contributed by atoms with E-state index in [1.54, 1.807) is 6.92 Å². The second-order valence-corrected chi connectivity index (χ2v) is 9.15. The molecule has 18 heteroatoms. The number of amides is 1. The molecule has 2 aromatic rings. The van der Waals surface area contributed by atoms with E-state index >= 15 is 0 Å². The average Bonchev–Trinajstić information content (AvgIpc) is 2.76. The second-order valence-electron chi connectivity index (χ2n) is 7.43. The van der Waals surface area contributed by atoms with Gasteiger partial charge in [-0.05, 0) is 36.8 Å². The molecule has 1 aromatic carbocycles. The molecule has 0 saturated carbocycles. The van der Waals surface area contributed by atoms with Gasteiger partial charge in [-0.1, -0.05) is 12.1 Å². The van der Waals surface area contributed by atoms with Gasteiger partial charge in [-0.2, -0.15) is 13.2 Å². The molecule has 210 valence electrons. The number of sulfonamides is 1. The van der Waals surface area contributed by atoms with Crippen molar-refractivity contribution in [3.63, 3.8) is 0 Å². The summed E-state index contributed by atoms with van der Waals surface area (Å²) in [5, 5.41) is 14.1. The molecule has 1 aromatic heterocycles. The molecule has 13 nitrogen and oxygen atoms in total. The number of carboxylic acids is 1. The van der Waals surface area contributed by atoms with E-state index in [9.17, 15) is 35.6 Å². The third-order valence-electron chi connectivity index (χ3n) is 4.39. The summed E-state index contributed by atoms with van der Waals surface area (Å²) < 4.78 is 73.2. The van der Waals surface area contributed by atoms with E-state index in [1.807, 2.05) is 0 Å². The summed E-state index contributed by atoms with van der Waals surface area (Å²) in [5.41, 5.74) is 12.1. The van der Waals surface area contributed by atoms with Crippen molar-refractivity contribution in [3.8, 4) is 0 Å². The molecule has 0 radical (unpaired) electrons. The predicted octanol–water partition coefficient (Wildman–Crippen LogP) is 0.702. The van der Waals surface area contributed by atoms with Gasteiger partial charge in [0.15, 0.2) is 0 Å². The minimum Gasteiger partial charge on any atom is -0.475 e. The van der Waals surface area contributed by atoms with Crippen LogP contribution in [0.4, 0.5) is 23.2 Å². The maximum atomic E-state index is 13.3. The Bertz CT molecular complexity index is 1330. The fourth-order valence-corrected chi connectivity index (χ4v) is 4.04. The van der Waals surface area contributed by atoms with Gasteiger partial charge in [0, 0.05) is 12.1 Å². The highest BCUT2D eigenvalue weighted by molar-refractivity contribution is 7.91. The highest BCUT2D eigenvalue weighted by atomic mass is 32.2. The highest BCUT2D eigenvalue weighted by Gasteiger charge is 2.38. The molecule has 8 N–H and O–H groups in total. The lowest BCUT2D eigenvalue weighted by Gasteiger charge is -2.20. The summed E-state index contributed by atoms with van der Waals surface area (Å²) in [4.78, 5) is 38.7. The Kier molecular flexibility index (Phi) is 11.2. The molecule has 0 fully saturated rings. The first-order valence-electron chi connectivity index (χ1n) is 10.2. The molecule has 0 aliphatic rings. The molecule has 1 unspecified atom stereocenters. The van der Waals surface area contributed by atoms with Crippen molar-refractivity contribution in [1.29, 1.82) is 5.41 Å². The van der Waals surface area contributed by atoms with Crippen molar-refractivity contribution in [2.24, 2.45) is 11.5 Å². The van der Waals surface area contributed by atoms with E-state index in [2.05, 4.69) is 10.2 Å². The number of alkyl halides is 3. The van der Waals surface area contributed by atoms with Gasteiger partial charge < -0.3 is 16.6 Å². The van der Waals surface area contributed by atoms with Crippen LogP contribution < -0.4 is 27.2 Å². The number of nitrogens with zero attached hydrogens (tertiary/aromatic N) is 1. The number of guanidine groups is 1. The summed E-state index contributed by atoms with van der Waals surface area (Å²) in [6.07, 6.45) is -5.13. The van der Waals surface area contributed by atoms with Crippen LogP contribution in [0.5, 0.6) is 0 Å². The maximum Gasteiger partial charge on any atom is 0.490 e. The fourth-order valence-electron chi connectivity index (χ4n) is 2.86. The fraction of sp³-hybridized carbons (Fsp3) is 0.300. The number of pyridine rings is 1. The van der Waals surface area contributed by atoms with Gasteiger partial charge in [-0.3, -0.25) is 29.1 Å². The average molecular weight is 569 g/mol. The van der Waals surface area contributed by atoms with Gasteiger partial charge in [0.2, 0.25) is 21.9 Å². The Balaban J connectivity index is 0.000000905. The number of benzene rings is 1. The first-order valence-corrected chi connectivity index (χ1v) is 11.9. The van der Waals surface area contributed by atoms with E-state index in [1.165, 1.54) is 30.3 Å². The standard InChI is InChI=1S/C18H23FN6O5S.C2HF3O2/c1-11-5-6-14(24-31(28,29)10-12-3-2-4-13(19)9-12)17(27)25(11)15(16(20)26)7-8-30-23-18(21)22;3-2(4,5)1(6)7/h2-6,9,15,24H,7-8,10H2,1H3,(H2,20,26)(H4,21,22,23);(H,6,7). The van der Waals surface area contributed by atoms with E-state index in [0.717, 1.165) is 10.6 Å². The number of hydrogen-bond donors (Lipinski definition) is 6. The maximum absolute atomic E-state index is 13.3. The lowest BCUT2D eigenvalue weighted by molar-refractivity contribution is -0.192. The van der Waals surface area contributed by atoms with Crippen LogP contribution in [0.1, 0.15) is 23.7 Å². The van der Waals surface area contributed by atoms with Crippen molar-refractivity contribution in [3.05, 3.63) is 63.8 Å². The van der Waals surface area contributed by atoms with E-state index in [-0.39, 0.29) is 24.3 Å². The Morgan fingerprint density at radius 1 is 1.21 bits per heavy atom. The lowest BCUT2D eigenvalue weighted by Crippen LogP contribution is -2.38. The van der Waals surface area contributed by atoms with Gasteiger partial charge in [-0.25, -0.2) is 23.1 Å². The van der Waals surface area contributed by atoms with Gasteiger partial charge in [0.05, 0.1) is 12.4 Å². The molecule has 2 rings (SSSR count). The van der Waals surface area contributed by atoms with E-state index < -0.39 is 57.2 Å². The zero-order chi connectivity index (χ0) is 29.3. The third kappa shape index (κ3) is 10.4. The van der Waals surface area contributed by atoms with Gasteiger partial charge >= 0.3 is 12.1 Å². The quantitative estimate of drug-likeness (QED) is 0.0780. The minimum absolute atomic E-state index is 0.0458. The number of rotatable bonds is 10. The summed E-state index contributed by atoms with van der Waals surface area (Å²) >= 11 is 0. The zero-order valence-electron chi connectivity index (χ0n) is 19.6. The number of nitrogens with one attached hydrogen (secondary N) is 3. The van der Waals surface area contributed by atoms with Crippen molar-refractivity contribution in [2.45, 2.75) is 31.3 Å². The number of halogens is 4. The molecule has 0 saturated heterocycles. The smallest absolute Gasteiger partial charge is 0.475 e. The van der Waals surface area contributed by atoms with Crippen LogP contribution >= 0.6 is 0 Å². The summed E-state index contributed by atoms with van der Waals surface area (Å²) in [7, 11) is -4.05. The number of aromatic nitrogens is 1. The number of aryl methyl sites for hydroxylation is 1. The van der Waals surface area contributed by atoms with Crippen LogP contribution in [-0.4, -0.2) is 48.7 Å². The molecule has 0 aliphatic carbocycles. The lowest BCUT2D eigenvalue weighted by atomic mass is 10.1. The van der Waals surface area contributed by atoms with Crippen LogP contribution in [0.3, 0.4) is 0 Å². The van der Waals surface area contributed by atoms with Crippen LogP contribution in [0.2, 0.25) is 0 Å². The first kappa shape index (κ1) is 31.8. The number of carbonyl (C=O) groups is 2. The largest absolute Gasteiger partial charge is 0.490 e. The molecule has 1 heterocycles. The van der Waals surface area contributed by atoms with Gasteiger partial charge in [0.1, 0.15) is 17.5 Å². The SMILES string of the molecule is Cc1ccc(NS(=O)(=O)Cc2cccc(F)c2)c(=O)n1C(CCONC(=N)N)C(N)=O.O=C(O)C(F)(F)F. The van der Waals surface area contributed by atoms with Gasteiger partial charge in [0.25, 0.3) is 5.56 Å². The number of hydrogen-bond acceptors (Lipinski definition) is 7. The number of primary amides is 1. The van der Waals surface area contributed by atoms with E-state index in [0.29, 0.717) is 5.69 Å². The number of anilines is 1. The molecule has 1 atom stereocenters. The number of aliphatic carboxylic acids is 1. The van der Waals surface area contributed by atoms with Crippen LogP contribution in [0.15, 0.2) is 41.2 Å². The topological polar surface area (TPSA) is 220 Å². The molecule has 1 amide bonds. The number of carboxylic acid groups (broad SMARTS) is 1. The molecule has 0 spiro atoms. The summed E-state index contributed by atoms with van der Waals surface area (Å²) in [5.74, 6) is -5.18. The third-order valence-corrected chi connectivity index (χ3v) is 5.63. The zero-order valence-corrected chi connectivity index (χ0v) is 20.4. The predicted molar refractivity (Wildman–Crippen MR) is 126 cm³/mol. The molecule has 0 aliphatic heterocycles. The Morgan fingerprint density at radius 3 is 2.32 bits per heavy atom. The normalized spacial score (nSPS) is 12.0. The number of carbonyl (C=O) groups excluding carboxylic acids is 1. The summed E-state index contributed by atoms with van der Waals surface area (Å²) in [6.45, 7) is 1.44. The van der Waals surface area contributed by atoms with Crippen LogP contribution in [0.25, 0.3) is 0 Å². The second kappa shape index (κ2) is 13.4. The highest BCUT2D eigenvalue weighted by Crippen LogP contribution is 2.16. The van der Waals surface area contributed by atoms with Crippen LogP contribution in [-0.2, 0) is 30.2 Å². The van der Waals surface area contributed by atoms with Crippen LogP contribution in [0, 0.1) is 18.2 Å². The first-order chi connectivity index (χ1) is 17.4. The molecule has 38 heavy (non-hydrogen) atoms. The van der Waals surface area contributed by atoms with Crippen molar-refractivity contribution < 1.29 is 45.5 Å². The van der Waals surface area contributed by atoms with Crippen molar-refractivity contribution >= 4 is 33.5 Å². The summed E-state index contributed by atoms with van der Waals surface area (Å²) in [6, 6.07) is 6.64.